The maximum absolute atomic E-state index is 11.3. The molecule has 4 rings (SSSR count). The topological polar surface area (TPSA) is 58.5 Å². The van der Waals surface area contributed by atoms with Crippen LogP contribution in [0.4, 0.5) is 11.4 Å². The Hall–Kier alpha value is -2.69. The number of para-hydroxylation sites is 3. The van der Waals surface area contributed by atoms with Gasteiger partial charge >= 0.3 is 5.76 Å². The van der Waals surface area contributed by atoms with Gasteiger partial charge in [-0.3, -0.25) is 4.98 Å². The summed E-state index contributed by atoms with van der Waals surface area (Å²) in [6, 6.07) is 13.3. The third kappa shape index (κ3) is 1.45. The number of rotatable bonds is 1. The molecule has 5 heteroatoms. The zero-order chi connectivity index (χ0) is 12.8. The lowest BCUT2D eigenvalue weighted by Gasteiger charge is -2.16. The molecule has 5 nitrogen and oxygen atoms in total. The summed E-state index contributed by atoms with van der Waals surface area (Å²) in [5.41, 5.74) is 3.09. The number of nitrogens with zero attached hydrogens (tertiary/aromatic N) is 1. The van der Waals surface area contributed by atoms with Gasteiger partial charge in [-0.05, 0) is 24.3 Å². The molecule has 0 spiro atoms. The molecule has 0 atom stereocenters. The predicted octanol–water partition coefficient (Wildman–Crippen LogP) is 2.61. The van der Waals surface area contributed by atoms with Crippen molar-refractivity contribution < 1.29 is 9.15 Å². The lowest BCUT2D eigenvalue weighted by atomic mass is 10.2. The third-order valence-corrected chi connectivity index (χ3v) is 3.23. The molecule has 2 heterocycles. The zero-order valence-corrected chi connectivity index (χ0v) is 9.92. The molecule has 0 radical (unpaired) electrons. The van der Waals surface area contributed by atoms with E-state index in [0.717, 1.165) is 17.1 Å². The SMILES string of the molecule is O=c1[nH]c2c(N3COc4ccccc43)cccc2o1. The predicted molar refractivity (Wildman–Crippen MR) is 70.9 cm³/mol. The number of ether oxygens (including phenoxy) is 1. The van der Waals surface area contributed by atoms with Crippen LogP contribution >= 0.6 is 0 Å². The monoisotopic (exact) mass is 254 g/mol. The van der Waals surface area contributed by atoms with E-state index in [0.29, 0.717) is 17.8 Å². The van der Waals surface area contributed by atoms with Crippen LogP contribution in [-0.2, 0) is 0 Å². The van der Waals surface area contributed by atoms with Crippen molar-refractivity contribution in [2.75, 3.05) is 11.6 Å². The van der Waals surface area contributed by atoms with Gasteiger partial charge in [0.2, 0.25) is 0 Å². The highest BCUT2D eigenvalue weighted by Gasteiger charge is 2.23. The maximum Gasteiger partial charge on any atom is 0.417 e. The Balaban J connectivity index is 1.95. The Labute approximate surface area is 108 Å². The average Bonchev–Trinajstić information content (AvgIpc) is 3.00. The van der Waals surface area contributed by atoms with Gasteiger partial charge in [-0.15, -0.1) is 0 Å². The van der Waals surface area contributed by atoms with E-state index < -0.39 is 5.76 Å². The highest BCUT2D eigenvalue weighted by atomic mass is 16.5. The molecule has 0 bridgehead atoms. The molecule has 0 fully saturated rings. The number of H-pyrrole nitrogens is 1. The van der Waals surface area contributed by atoms with Crippen LogP contribution in [0.3, 0.4) is 0 Å². The average molecular weight is 254 g/mol. The molecule has 19 heavy (non-hydrogen) atoms. The van der Waals surface area contributed by atoms with Crippen LogP contribution in [0.15, 0.2) is 51.7 Å². The molecule has 1 aliphatic heterocycles. The number of aromatic amines is 1. The van der Waals surface area contributed by atoms with Crippen LogP contribution in [0, 0.1) is 0 Å². The van der Waals surface area contributed by atoms with Crippen LogP contribution in [0.2, 0.25) is 0 Å². The van der Waals surface area contributed by atoms with E-state index in [1.54, 1.807) is 6.07 Å². The fourth-order valence-electron chi connectivity index (χ4n) is 2.39. The Bertz CT molecular complexity index is 819. The van der Waals surface area contributed by atoms with Gasteiger partial charge in [0, 0.05) is 0 Å². The van der Waals surface area contributed by atoms with Crippen molar-refractivity contribution in [3.63, 3.8) is 0 Å². The van der Waals surface area contributed by atoms with Gasteiger partial charge < -0.3 is 14.1 Å². The van der Waals surface area contributed by atoms with Crippen molar-refractivity contribution in [3.8, 4) is 5.75 Å². The Morgan fingerprint density at radius 2 is 1.89 bits per heavy atom. The minimum atomic E-state index is -0.448. The fourth-order valence-corrected chi connectivity index (χ4v) is 2.39. The molecule has 2 aromatic carbocycles. The van der Waals surface area contributed by atoms with Crippen LogP contribution < -0.4 is 15.4 Å². The normalized spacial score (nSPS) is 13.6. The number of benzene rings is 2. The van der Waals surface area contributed by atoms with E-state index in [9.17, 15) is 4.79 Å². The summed E-state index contributed by atoms with van der Waals surface area (Å²) in [7, 11) is 0. The number of hydrogen-bond donors (Lipinski definition) is 1. The standard InChI is InChI=1S/C14H10N2O3/c17-14-15-13-10(5-3-7-12(13)19-14)16-8-18-11-6-2-1-4-9(11)16/h1-7H,8H2,(H,15,17). The van der Waals surface area contributed by atoms with Gasteiger partial charge in [-0.2, -0.15) is 0 Å². The second-order valence-corrected chi connectivity index (χ2v) is 4.33. The molecule has 0 unspecified atom stereocenters. The lowest BCUT2D eigenvalue weighted by Crippen LogP contribution is -2.15. The first kappa shape index (κ1) is 10.3. The van der Waals surface area contributed by atoms with Crippen molar-refractivity contribution in [2.45, 2.75) is 0 Å². The molecule has 1 N–H and O–H groups in total. The number of fused-ring (bicyclic) bond motifs is 2. The summed E-state index contributed by atoms with van der Waals surface area (Å²) >= 11 is 0. The van der Waals surface area contributed by atoms with E-state index in [1.807, 2.05) is 41.3 Å². The second-order valence-electron chi connectivity index (χ2n) is 4.33. The van der Waals surface area contributed by atoms with E-state index >= 15 is 0 Å². The fraction of sp³-hybridized carbons (Fsp3) is 0.0714. The molecule has 94 valence electrons. The van der Waals surface area contributed by atoms with Gasteiger partial charge in [0.05, 0.1) is 11.4 Å². The largest absolute Gasteiger partial charge is 0.471 e. The third-order valence-electron chi connectivity index (χ3n) is 3.23. The summed E-state index contributed by atoms with van der Waals surface area (Å²) < 4.78 is 10.7. The molecule has 1 aliphatic rings. The molecule has 0 saturated carbocycles. The first-order valence-corrected chi connectivity index (χ1v) is 5.94. The van der Waals surface area contributed by atoms with Gasteiger partial charge in [0.15, 0.2) is 12.3 Å². The summed E-state index contributed by atoms with van der Waals surface area (Å²) in [4.78, 5) is 16.0. The Kier molecular flexibility index (Phi) is 1.97. The molecule has 0 aliphatic carbocycles. The number of oxazole rings is 1. The molecular formula is C14H10N2O3. The summed E-state index contributed by atoms with van der Waals surface area (Å²) in [6.07, 6.45) is 0. The van der Waals surface area contributed by atoms with Crippen LogP contribution in [-0.4, -0.2) is 11.7 Å². The van der Waals surface area contributed by atoms with Crippen molar-refractivity contribution in [2.24, 2.45) is 0 Å². The Morgan fingerprint density at radius 1 is 1.05 bits per heavy atom. The van der Waals surface area contributed by atoms with E-state index in [-0.39, 0.29) is 0 Å². The smallest absolute Gasteiger partial charge is 0.417 e. The molecular weight excluding hydrogens is 244 g/mol. The molecule has 0 amide bonds. The lowest BCUT2D eigenvalue weighted by molar-refractivity contribution is 0.358. The quantitative estimate of drug-likeness (QED) is 0.725. The highest BCUT2D eigenvalue weighted by molar-refractivity contribution is 5.91. The Morgan fingerprint density at radius 3 is 2.84 bits per heavy atom. The van der Waals surface area contributed by atoms with Crippen LogP contribution in [0.25, 0.3) is 11.1 Å². The van der Waals surface area contributed by atoms with E-state index in [2.05, 4.69) is 4.98 Å². The molecule has 0 saturated heterocycles. The first-order valence-electron chi connectivity index (χ1n) is 5.94. The van der Waals surface area contributed by atoms with Crippen molar-refractivity contribution >= 4 is 22.5 Å². The zero-order valence-electron chi connectivity index (χ0n) is 9.92. The minimum Gasteiger partial charge on any atom is -0.471 e. The van der Waals surface area contributed by atoms with Crippen LogP contribution in [0.1, 0.15) is 0 Å². The first-order chi connectivity index (χ1) is 9.33. The number of anilines is 2. The number of hydrogen-bond acceptors (Lipinski definition) is 4. The van der Waals surface area contributed by atoms with Gasteiger partial charge in [0.1, 0.15) is 11.3 Å². The summed E-state index contributed by atoms with van der Waals surface area (Å²) in [5, 5.41) is 0. The molecule has 1 aromatic heterocycles. The van der Waals surface area contributed by atoms with E-state index in [4.69, 9.17) is 9.15 Å². The van der Waals surface area contributed by atoms with Crippen molar-refractivity contribution in [3.05, 3.63) is 53.0 Å². The second kappa shape index (κ2) is 3.65. The number of nitrogens with one attached hydrogen (secondary N) is 1. The van der Waals surface area contributed by atoms with Gasteiger partial charge in [-0.1, -0.05) is 18.2 Å². The van der Waals surface area contributed by atoms with E-state index in [1.165, 1.54) is 0 Å². The van der Waals surface area contributed by atoms with Gasteiger partial charge in [0.25, 0.3) is 0 Å². The van der Waals surface area contributed by atoms with Crippen molar-refractivity contribution in [1.82, 2.24) is 4.98 Å². The number of aromatic nitrogens is 1. The summed E-state index contributed by atoms with van der Waals surface area (Å²) in [5.74, 6) is 0.390. The van der Waals surface area contributed by atoms with Crippen LogP contribution in [0.5, 0.6) is 5.75 Å². The maximum atomic E-state index is 11.3. The molecule has 3 aromatic rings. The highest BCUT2D eigenvalue weighted by Crippen LogP contribution is 2.40. The van der Waals surface area contributed by atoms with Crippen molar-refractivity contribution in [1.29, 1.82) is 0 Å². The minimum absolute atomic E-state index is 0.422. The summed E-state index contributed by atoms with van der Waals surface area (Å²) in [6.45, 7) is 0.422. The van der Waals surface area contributed by atoms with Gasteiger partial charge in [-0.25, -0.2) is 4.79 Å².